The van der Waals surface area contributed by atoms with Crippen LogP contribution in [-0.2, 0) is 20.2 Å². The molecule has 0 radical (unpaired) electrons. The lowest BCUT2D eigenvalue weighted by atomic mass is 9.87. The van der Waals surface area contributed by atoms with Crippen molar-refractivity contribution in [3.8, 4) is 0 Å². The molecule has 1 amide bonds. The summed E-state index contributed by atoms with van der Waals surface area (Å²) in [5.74, 6) is -1.11. The van der Waals surface area contributed by atoms with E-state index in [4.69, 9.17) is 0 Å². The number of benzene rings is 2. The lowest BCUT2D eigenvalue weighted by Gasteiger charge is -2.20. The number of hydrogen-bond acceptors (Lipinski definition) is 6. The Balaban J connectivity index is 1.84. The SMILES string of the molecule is CCCC(C(=O)NS(=O)(=O)c1ccc(C(C)(C)C)cc1)c1ccc2nsnc2c1. The summed E-state index contributed by atoms with van der Waals surface area (Å²) in [6.07, 6.45) is 1.28. The molecule has 154 valence electrons. The van der Waals surface area contributed by atoms with Crippen LogP contribution in [0.5, 0.6) is 0 Å². The van der Waals surface area contributed by atoms with Crippen molar-refractivity contribution in [2.45, 2.75) is 56.8 Å². The van der Waals surface area contributed by atoms with E-state index in [2.05, 4.69) is 34.2 Å². The van der Waals surface area contributed by atoms with Gasteiger partial charge in [-0.2, -0.15) is 8.75 Å². The quantitative estimate of drug-likeness (QED) is 0.626. The number of aromatic nitrogens is 2. The second-order valence-corrected chi connectivity index (χ2v) is 10.3. The smallest absolute Gasteiger partial charge is 0.264 e. The highest BCUT2D eigenvalue weighted by molar-refractivity contribution is 7.90. The van der Waals surface area contributed by atoms with Crippen molar-refractivity contribution in [2.75, 3.05) is 0 Å². The molecule has 29 heavy (non-hydrogen) atoms. The molecule has 1 aromatic heterocycles. The first-order valence-corrected chi connectivity index (χ1v) is 11.7. The number of rotatable bonds is 6. The zero-order valence-electron chi connectivity index (χ0n) is 17.0. The summed E-state index contributed by atoms with van der Waals surface area (Å²) in [6.45, 7) is 8.13. The zero-order chi connectivity index (χ0) is 21.2. The van der Waals surface area contributed by atoms with Crippen LogP contribution in [0, 0.1) is 0 Å². The topological polar surface area (TPSA) is 89.0 Å². The Hall–Kier alpha value is -2.32. The summed E-state index contributed by atoms with van der Waals surface area (Å²) in [5, 5.41) is 0. The molecule has 0 spiro atoms. The van der Waals surface area contributed by atoms with E-state index in [0.717, 1.165) is 34.8 Å². The molecule has 1 N–H and O–H groups in total. The maximum atomic E-state index is 12.9. The van der Waals surface area contributed by atoms with Gasteiger partial charge < -0.3 is 0 Å². The zero-order valence-corrected chi connectivity index (χ0v) is 18.6. The maximum absolute atomic E-state index is 12.9. The van der Waals surface area contributed by atoms with Crippen molar-refractivity contribution in [3.05, 3.63) is 53.6 Å². The molecule has 0 aliphatic heterocycles. The number of carbonyl (C=O) groups excluding carboxylic acids is 1. The minimum atomic E-state index is -3.95. The minimum Gasteiger partial charge on any atom is -0.273 e. The van der Waals surface area contributed by atoms with Gasteiger partial charge in [-0.05, 0) is 47.2 Å². The van der Waals surface area contributed by atoms with E-state index in [0.29, 0.717) is 11.9 Å². The number of fused-ring (bicyclic) bond motifs is 1. The number of carbonyl (C=O) groups is 1. The van der Waals surface area contributed by atoms with E-state index in [-0.39, 0.29) is 10.3 Å². The molecular weight excluding hydrogens is 406 g/mol. The third-order valence-electron chi connectivity index (χ3n) is 4.84. The molecule has 0 bridgehead atoms. The van der Waals surface area contributed by atoms with Gasteiger partial charge in [-0.25, -0.2) is 13.1 Å². The fourth-order valence-electron chi connectivity index (χ4n) is 3.15. The Morgan fingerprint density at radius 1 is 1.07 bits per heavy atom. The number of sulfonamides is 1. The van der Waals surface area contributed by atoms with Gasteiger partial charge in [-0.1, -0.05) is 52.3 Å². The van der Waals surface area contributed by atoms with Crippen molar-refractivity contribution in [2.24, 2.45) is 0 Å². The third kappa shape index (κ3) is 4.82. The number of nitrogens with zero attached hydrogens (tertiary/aromatic N) is 2. The van der Waals surface area contributed by atoms with Crippen LogP contribution in [0.2, 0.25) is 0 Å². The second-order valence-electron chi connectivity index (χ2n) is 8.10. The van der Waals surface area contributed by atoms with Crippen molar-refractivity contribution < 1.29 is 13.2 Å². The molecular formula is C21H25N3O3S2. The molecule has 3 rings (SSSR count). The minimum absolute atomic E-state index is 0.0771. The summed E-state index contributed by atoms with van der Waals surface area (Å²) < 4.78 is 36.2. The number of hydrogen-bond donors (Lipinski definition) is 1. The first-order valence-electron chi connectivity index (χ1n) is 9.51. The largest absolute Gasteiger partial charge is 0.273 e. The molecule has 1 atom stereocenters. The van der Waals surface area contributed by atoms with Crippen molar-refractivity contribution in [1.29, 1.82) is 0 Å². The average molecular weight is 432 g/mol. The van der Waals surface area contributed by atoms with E-state index >= 15 is 0 Å². The van der Waals surface area contributed by atoms with Crippen molar-refractivity contribution in [3.63, 3.8) is 0 Å². The van der Waals surface area contributed by atoms with Gasteiger partial charge in [0.25, 0.3) is 10.0 Å². The molecule has 1 unspecified atom stereocenters. The van der Waals surface area contributed by atoms with Gasteiger partial charge in [-0.3, -0.25) is 4.79 Å². The standard InChI is InChI=1S/C21H25N3O3S2/c1-5-6-17(14-7-12-18-19(13-14)23-28-22-18)20(25)24-29(26,27)16-10-8-15(9-11-16)21(2,3)4/h7-13,17H,5-6H2,1-4H3,(H,24,25). The number of nitrogens with one attached hydrogen (secondary N) is 1. The molecule has 0 aliphatic carbocycles. The molecule has 0 fully saturated rings. The molecule has 3 aromatic rings. The van der Waals surface area contributed by atoms with E-state index in [9.17, 15) is 13.2 Å². The van der Waals surface area contributed by atoms with E-state index in [1.165, 1.54) is 12.1 Å². The van der Waals surface area contributed by atoms with Gasteiger partial charge in [0.15, 0.2) is 0 Å². The summed E-state index contributed by atoms with van der Waals surface area (Å²) in [7, 11) is -3.95. The normalized spacial score (nSPS) is 13.4. The molecule has 0 saturated carbocycles. The maximum Gasteiger partial charge on any atom is 0.264 e. The van der Waals surface area contributed by atoms with Gasteiger partial charge in [0, 0.05) is 0 Å². The van der Waals surface area contributed by atoms with Crippen LogP contribution in [0.3, 0.4) is 0 Å². The molecule has 2 aromatic carbocycles. The Morgan fingerprint density at radius 3 is 2.34 bits per heavy atom. The van der Waals surface area contributed by atoms with Gasteiger partial charge >= 0.3 is 0 Å². The first-order chi connectivity index (χ1) is 13.6. The van der Waals surface area contributed by atoms with E-state index < -0.39 is 21.8 Å². The third-order valence-corrected chi connectivity index (χ3v) is 6.76. The van der Waals surface area contributed by atoms with Gasteiger partial charge in [0.05, 0.1) is 22.5 Å². The van der Waals surface area contributed by atoms with Crippen LogP contribution in [0.25, 0.3) is 11.0 Å². The highest BCUT2D eigenvalue weighted by Crippen LogP contribution is 2.27. The lowest BCUT2D eigenvalue weighted by Crippen LogP contribution is -2.34. The molecule has 1 heterocycles. The Morgan fingerprint density at radius 2 is 1.72 bits per heavy atom. The Labute approximate surface area is 175 Å². The van der Waals surface area contributed by atoms with Gasteiger partial charge in [0.2, 0.25) is 5.91 Å². The molecule has 8 heteroatoms. The van der Waals surface area contributed by atoms with Crippen LogP contribution in [0.15, 0.2) is 47.4 Å². The van der Waals surface area contributed by atoms with Crippen LogP contribution < -0.4 is 4.72 Å². The molecule has 0 saturated heterocycles. The van der Waals surface area contributed by atoms with Crippen LogP contribution in [-0.4, -0.2) is 23.1 Å². The fourth-order valence-corrected chi connectivity index (χ4v) is 4.69. The number of amides is 1. The summed E-state index contributed by atoms with van der Waals surface area (Å²) in [6, 6.07) is 12.1. The Bertz CT molecular complexity index is 1110. The fraction of sp³-hybridized carbons (Fsp3) is 0.381. The first kappa shape index (κ1) is 21.4. The van der Waals surface area contributed by atoms with Crippen LogP contribution in [0.4, 0.5) is 0 Å². The predicted octanol–water partition coefficient (Wildman–Crippen LogP) is 4.38. The van der Waals surface area contributed by atoms with Crippen LogP contribution in [0.1, 0.15) is 57.6 Å². The monoisotopic (exact) mass is 431 g/mol. The highest BCUT2D eigenvalue weighted by Gasteiger charge is 2.26. The highest BCUT2D eigenvalue weighted by atomic mass is 32.2. The summed E-state index contributed by atoms with van der Waals surface area (Å²) in [4.78, 5) is 13.0. The van der Waals surface area contributed by atoms with E-state index in [1.807, 2.05) is 25.1 Å². The van der Waals surface area contributed by atoms with Crippen molar-refractivity contribution in [1.82, 2.24) is 13.5 Å². The molecule has 6 nitrogen and oxygen atoms in total. The molecule has 0 aliphatic rings. The second kappa shape index (κ2) is 8.20. The van der Waals surface area contributed by atoms with Gasteiger partial charge in [0.1, 0.15) is 11.0 Å². The van der Waals surface area contributed by atoms with Crippen LogP contribution >= 0.6 is 11.7 Å². The van der Waals surface area contributed by atoms with Gasteiger partial charge in [-0.15, -0.1) is 0 Å². The van der Waals surface area contributed by atoms with Crippen molar-refractivity contribution >= 4 is 38.7 Å². The summed E-state index contributed by atoms with van der Waals surface area (Å²) >= 11 is 1.11. The summed E-state index contributed by atoms with van der Waals surface area (Å²) in [5.41, 5.74) is 3.16. The Kier molecular flexibility index (Phi) is 6.05. The van der Waals surface area contributed by atoms with E-state index in [1.54, 1.807) is 12.1 Å². The predicted molar refractivity (Wildman–Crippen MR) is 116 cm³/mol. The lowest BCUT2D eigenvalue weighted by molar-refractivity contribution is -0.120. The average Bonchev–Trinajstić information content (AvgIpc) is 3.12.